The second-order valence-electron chi connectivity index (χ2n) is 5.04. The number of rotatable bonds is 4. The van der Waals surface area contributed by atoms with Crippen molar-refractivity contribution in [3.8, 4) is 6.07 Å². The van der Waals surface area contributed by atoms with E-state index in [1.54, 1.807) is 24.3 Å². The fourth-order valence-corrected chi connectivity index (χ4v) is 3.44. The average Bonchev–Trinajstić information content (AvgIpc) is 3.15. The summed E-state index contributed by atoms with van der Waals surface area (Å²) in [4.78, 5) is 13.9. The predicted molar refractivity (Wildman–Crippen MR) is 89.8 cm³/mol. The van der Waals surface area contributed by atoms with E-state index in [9.17, 15) is 10.1 Å². The number of thiophene rings is 1. The van der Waals surface area contributed by atoms with Crippen LogP contribution in [0.5, 0.6) is 0 Å². The van der Waals surface area contributed by atoms with Gasteiger partial charge in [-0.3, -0.25) is 4.79 Å². The Hall–Kier alpha value is -3.04. The molecule has 120 valence electrons. The van der Waals surface area contributed by atoms with Gasteiger partial charge in [-0.15, -0.1) is 11.3 Å². The normalized spacial score (nSPS) is 17.2. The highest BCUT2D eigenvalue weighted by molar-refractivity contribution is 7.10. The number of nitrogens with zero attached hydrogens (tertiary/aromatic N) is 1. The molecular formula is C18H14N2O3S. The molecule has 0 saturated heterocycles. The van der Waals surface area contributed by atoms with Crippen molar-refractivity contribution in [3.05, 3.63) is 81.3 Å². The van der Waals surface area contributed by atoms with Crippen molar-refractivity contribution >= 4 is 17.1 Å². The summed E-state index contributed by atoms with van der Waals surface area (Å²) in [5, 5.41) is 11.4. The van der Waals surface area contributed by atoms with E-state index in [4.69, 9.17) is 15.2 Å². The topological polar surface area (TPSA) is 85.3 Å². The first-order valence-corrected chi connectivity index (χ1v) is 8.04. The van der Waals surface area contributed by atoms with Crippen LogP contribution in [0.4, 0.5) is 0 Å². The number of ether oxygens (including phenoxy) is 2. The molecule has 1 atom stereocenters. The van der Waals surface area contributed by atoms with Crippen molar-refractivity contribution in [2.24, 2.45) is 5.73 Å². The molecule has 0 amide bonds. The van der Waals surface area contributed by atoms with Crippen molar-refractivity contribution in [2.45, 2.75) is 5.92 Å². The first-order valence-electron chi connectivity index (χ1n) is 7.16. The monoisotopic (exact) mass is 338 g/mol. The minimum absolute atomic E-state index is 0.0266. The molecule has 1 aromatic heterocycles. The number of ketones is 1. The van der Waals surface area contributed by atoms with Gasteiger partial charge < -0.3 is 15.2 Å². The van der Waals surface area contributed by atoms with Gasteiger partial charge >= 0.3 is 0 Å². The van der Waals surface area contributed by atoms with Crippen LogP contribution in [0.3, 0.4) is 0 Å². The lowest BCUT2D eigenvalue weighted by atomic mass is 9.84. The lowest BCUT2D eigenvalue weighted by Crippen LogP contribution is -2.25. The summed E-state index contributed by atoms with van der Waals surface area (Å²) in [5.74, 6) is -0.881. The van der Waals surface area contributed by atoms with E-state index in [1.807, 2.05) is 23.6 Å². The van der Waals surface area contributed by atoms with Gasteiger partial charge in [0.2, 0.25) is 5.88 Å². The van der Waals surface area contributed by atoms with Crippen molar-refractivity contribution in [3.63, 3.8) is 0 Å². The standard InChI is InChI=1S/C18H14N2O3S/c1-22-18-15(16(21)11-6-3-2-4-7-11)14(13-8-5-9-24-13)12(10-19)17(20)23-18/h2-9,14H,20H2,1H3. The molecule has 6 heteroatoms. The molecule has 0 bridgehead atoms. The van der Waals surface area contributed by atoms with Crippen LogP contribution >= 0.6 is 11.3 Å². The van der Waals surface area contributed by atoms with Crippen LogP contribution in [0.2, 0.25) is 0 Å². The predicted octanol–water partition coefficient (Wildman–Crippen LogP) is 3.30. The molecule has 1 aromatic carbocycles. The third-order valence-corrected chi connectivity index (χ3v) is 4.62. The molecule has 2 N–H and O–H groups in total. The van der Waals surface area contributed by atoms with Gasteiger partial charge in [0, 0.05) is 10.4 Å². The summed E-state index contributed by atoms with van der Waals surface area (Å²) in [6, 6.07) is 14.6. The first-order chi connectivity index (χ1) is 11.7. The summed E-state index contributed by atoms with van der Waals surface area (Å²) in [5.41, 5.74) is 6.84. The maximum absolute atomic E-state index is 13.1. The number of benzene rings is 1. The van der Waals surface area contributed by atoms with Crippen LogP contribution in [0.15, 0.2) is 70.8 Å². The van der Waals surface area contributed by atoms with Crippen LogP contribution in [0, 0.1) is 11.3 Å². The third-order valence-electron chi connectivity index (χ3n) is 3.68. The Morgan fingerprint density at radius 3 is 2.62 bits per heavy atom. The maximum atomic E-state index is 13.1. The number of hydrogen-bond acceptors (Lipinski definition) is 6. The number of nitriles is 1. The molecule has 3 rings (SSSR count). The van der Waals surface area contributed by atoms with Crippen molar-refractivity contribution < 1.29 is 14.3 Å². The van der Waals surface area contributed by atoms with Gasteiger partial charge in [-0.05, 0) is 11.4 Å². The zero-order chi connectivity index (χ0) is 17.1. The molecule has 2 aromatic rings. The molecule has 0 fully saturated rings. The zero-order valence-corrected chi connectivity index (χ0v) is 13.7. The Bertz CT molecular complexity index is 861. The number of carbonyl (C=O) groups excluding carboxylic acids is 1. The van der Waals surface area contributed by atoms with E-state index in [0.717, 1.165) is 4.88 Å². The van der Waals surface area contributed by atoms with Gasteiger partial charge in [0.15, 0.2) is 5.78 Å². The smallest absolute Gasteiger partial charge is 0.294 e. The molecule has 5 nitrogen and oxygen atoms in total. The SMILES string of the molecule is COC1=C(C(=O)c2ccccc2)C(c2cccs2)C(C#N)=C(N)O1. The number of methoxy groups -OCH3 is 1. The summed E-state index contributed by atoms with van der Waals surface area (Å²) in [6.45, 7) is 0. The Kier molecular flexibility index (Phi) is 4.36. The Balaban J connectivity index is 2.18. The number of Topliss-reactive ketones (excluding diaryl/α,β-unsaturated/α-hetero) is 1. The Morgan fingerprint density at radius 1 is 1.29 bits per heavy atom. The second kappa shape index (κ2) is 6.60. The zero-order valence-electron chi connectivity index (χ0n) is 12.9. The minimum Gasteiger partial charge on any atom is -0.468 e. The lowest BCUT2D eigenvalue weighted by molar-refractivity contribution is 0.0806. The molecule has 1 aliphatic heterocycles. The Morgan fingerprint density at radius 2 is 2.04 bits per heavy atom. The van der Waals surface area contributed by atoms with Crippen LogP contribution in [-0.4, -0.2) is 12.9 Å². The molecule has 0 radical (unpaired) electrons. The van der Waals surface area contributed by atoms with Gasteiger partial charge in [0.25, 0.3) is 5.95 Å². The minimum atomic E-state index is -0.605. The number of allylic oxidation sites excluding steroid dienone is 2. The van der Waals surface area contributed by atoms with Crippen molar-refractivity contribution in [1.82, 2.24) is 0 Å². The van der Waals surface area contributed by atoms with Crippen LogP contribution in [0.25, 0.3) is 0 Å². The molecular weight excluding hydrogens is 324 g/mol. The van der Waals surface area contributed by atoms with Gasteiger partial charge in [0.05, 0.1) is 18.6 Å². The third kappa shape index (κ3) is 2.66. The van der Waals surface area contributed by atoms with E-state index in [2.05, 4.69) is 6.07 Å². The largest absolute Gasteiger partial charge is 0.468 e. The van der Waals surface area contributed by atoms with Crippen LogP contribution < -0.4 is 5.73 Å². The molecule has 0 aliphatic carbocycles. The summed E-state index contributed by atoms with van der Waals surface area (Å²) >= 11 is 1.44. The van der Waals surface area contributed by atoms with Gasteiger partial charge in [-0.1, -0.05) is 36.4 Å². The lowest BCUT2D eigenvalue weighted by Gasteiger charge is -2.26. The second-order valence-corrected chi connectivity index (χ2v) is 6.02. The first kappa shape index (κ1) is 15.8. The van der Waals surface area contributed by atoms with Crippen LogP contribution in [0.1, 0.15) is 21.2 Å². The summed E-state index contributed by atoms with van der Waals surface area (Å²) in [7, 11) is 1.41. The van der Waals surface area contributed by atoms with E-state index < -0.39 is 5.92 Å². The summed E-state index contributed by atoms with van der Waals surface area (Å²) in [6.07, 6.45) is 0. The molecule has 24 heavy (non-hydrogen) atoms. The van der Waals surface area contributed by atoms with Crippen molar-refractivity contribution in [1.29, 1.82) is 5.26 Å². The number of carbonyl (C=O) groups is 1. The number of hydrogen-bond donors (Lipinski definition) is 1. The van der Waals surface area contributed by atoms with E-state index in [0.29, 0.717) is 5.56 Å². The van der Waals surface area contributed by atoms with E-state index >= 15 is 0 Å². The fraction of sp³-hybridized carbons (Fsp3) is 0.111. The van der Waals surface area contributed by atoms with E-state index in [-0.39, 0.29) is 28.8 Å². The highest BCUT2D eigenvalue weighted by Crippen LogP contribution is 2.42. The molecule has 1 unspecified atom stereocenters. The molecule has 2 heterocycles. The van der Waals surface area contributed by atoms with Crippen LogP contribution in [-0.2, 0) is 9.47 Å². The highest BCUT2D eigenvalue weighted by Gasteiger charge is 2.38. The number of nitrogens with two attached hydrogens (primary N) is 1. The Labute approximate surface area is 143 Å². The fourth-order valence-electron chi connectivity index (χ4n) is 2.59. The van der Waals surface area contributed by atoms with E-state index in [1.165, 1.54) is 18.4 Å². The average molecular weight is 338 g/mol. The summed E-state index contributed by atoms with van der Waals surface area (Å²) < 4.78 is 10.7. The van der Waals surface area contributed by atoms with Gasteiger partial charge in [0.1, 0.15) is 11.6 Å². The quantitative estimate of drug-likeness (QED) is 0.865. The molecule has 0 spiro atoms. The van der Waals surface area contributed by atoms with Crippen molar-refractivity contribution in [2.75, 3.05) is 7.11 Å². The van der Waals surface area contributed by atoms with Gasteiger partial charge in [-0.25, -0.2) is 0 Å². The van der Waals surface area contributed by atoms with Gasteiger partial charge in [-0.2, -0.15) is 5.26 Å². The highest BCUT2D eigenvalue weighted by atomic mass is 32.1. The molecule has 1 aliphatic rings. The maximum Gasteiger partial charge on any atom is 0.294 e. The molecule has 0 saturated carbocycles.